The first-order valence-corrected chi connectivity index (χ1v) is 6.12. The molecule has 0 unspecified atom stereocenters. The Morgan fingerprint density at radius 1 is 1.47 bits per heavy atom. The Morgan fingerprint density at radius 3 is 2.82 bits per heavy atom. The molecule has 0 spiro atoms. The Bertz CT molecular complexity index is 638. The van der Waals surface area contributed by atoms with Crippen molar-refractivity contribution in [2.45, 2.75) is 11.9 Å². The Balaban J connectivity index is 2.39. The van der Waals surface area contributed by atoms with Gasteiger partial charge in [-0.3, -0.25) is 9.82 Å². The van der Waals surface area contributed by atoms with Gasteiger partial charge in [-0.1, -0.05) is 0 Å². The molecule has 17 heavy (non-hydrogen) atoms. The van der Waals surface area contributed by atoms with Crippen LogP contribution >= 0.6 is 0 Å². The molecule has 0 amide bonds. The van der Waals surface area contributed by atoms with Gasteiger partial charge >= 0.3 is 0 Å². The first kappa shape index (κ1) is 11.5. The number of hydrogen-bond acceptors (Lipinski definition) is 4. The van der Waals surface area contributed by atoms with Crippen LogP contribution in [0.25, 0.3) is 0 Å². The number of nitrogens with zero attached hydrogens (tertiary/aromatic N) is 2. The van der Waals surface area contributed by atoms with E-state index < -0.39 is 20.9 Å². The van der Waals surface area contributed by atoms with Crippen LogP contribution in [-0.4, -0.2) is 23.6 Å². The van der Waals surface area contributed by atoms with Crippen molar-refractivity contribution in [1.29, 1.82) is 0 Å². The van der Waals surface area contributed by atoms with Crippen LogP contribution < -0.4 is 4.72 Å². The Labute approximate surface area is 96.9 Å². The number of nitrogens with one attached hydrogen (secondary N) is 2. The summed E-state index contributed by atoms with van der Waals surface area (Å²) in [7, 11) is -4.04. The predicted molar refractivity (Wildman–Crippen MR) is 58.3 cm³/mol. The van der Waals surface area contributed by atoms with Crippen molar-refractivity contribution in [3.8, 4) is 0 Å². The molecule has 0 fully saturated rings. The summed E-state index contributed by atoms with van der Waals surface area (Å²) in [5.74, 6) is -0.716. The maximum Gasteiger partial charge on any atom is 0.283 e. The first-order valence-electron chi connectivity index (χ1n) is 4.64. The van der Waals surface area contributed by atoms with Crippen molar-refractivity contribution in [2.75, 3.05) is 4.72 Å². The third kappa shape index (κ3) is 2.26. The summed E-state index contributed by atoms with van der Waals surface area (Å²) in [4.78, 5) is 3.50. The molecule has 0 aromatic carbocycles. The highest BCUT2D eigenvalue weighted by atomic mass is 32.2. The highest BCUT2D eigenvalue weighted by Gasteiger charge is 2.21. The fourth-order valence-corrected chi connectivity index (χ4v) is 2.30. The number of anilines is 1. The van der Waals surface area contributed by atoms with Gasteiger partial charge < -0.3 is 0 Å². The number of hydrogen-bond donors (Lipinski definition) is 2. The number of halogens is 1. The summed E-state index contributed by atoms with van der Waals surface area (Å²) in [5.41, 5.74) is 0.602. The van der Waals surface area contributed by atoms with Crippen LogP contribution in [0.15, 0.2) is 29.6 Å². The minimum Gasteiger partial charge on any atom is -0.262 e. The van der Waals surface area contributed by atoms with Gasteiger partial charge in [0.1, 0.15) is 5.82 Å². The zero-order valence-electron chi connectivity index (χ0n) is 8.81. The highest BCUT2D eigenvalue weighted by Crippen LogP contribution is 2.16. The minimum absolute atomic E-state index is 0.190. The second kappa shape index (κ2) is 4.13. The SMILES string of the molecule is Cc1cn[nH]c1NS(=O)(=O)c1ncccc1F. The minimum atomic E-state index is -4.04. The molecule has 2 aromatic heterocycles. The number of aromatic amines is 1. The quantitative estimate of drug-likeness (QED) is 0.859. The van der Waals surface area contributed by atoms with Gasteiger partial charge in [0.25, 0.3) is 10.0 Å². The van der Waals surface area contributed by atoms with E-state index in [1.807, 2.05) is 0 Å². The van der Waals surface area contributed by atoms with E-state index in [9.17, 15) is 12.8 Å². The fourth-order valence-electron chi connectivity index (χ4n) is 1.20. The summed E-state index contributed by atoms with van der Waals surface area (Å²) in [6.45, 7) is 1.66. The van der Waals surface area contributed by atoms with Gasteiger partial charge in [-0.2, -0.15) is 13.5 Å². The third-order valence-corrected chi connectivity index (χ3v) is 3.33. The molecular formula is C9H9FN4O2S. The number of aryl methyl sites for hydroxylation is 1. The monoisotopic (exact) mass is 256 g/mol. The topological polar surface area (TPSA) is 87.7 Å². The number of rotatable bonds is 3. The zero-order valence-corrected chi connectivity index (χ0v) is 9.62. The lowest BCUT2D eigenvalue weighted by molar-refractivity contribution is 0.556. The van der Waals surface area contributed by atoms with Crippen molar-refractivity contribution in [3.05, 3.63) is 35.9 Å². The van der Waals surface area contributed by atoms with Crippen LogP contribution in [0.3, 0.4) is 0 Å². The molecule has 2 rings (SSSR count). The van der Waals surface area contributed by atoms with Crippen LogP contribution in [0.2, 0.25) is 0 Å². The zero-order chi connectivity index (χ0) is 12.5. The average Bonchev–Trinajstić information content (AvgIpc) is 2.64. The number of sulfonamides is 1. The van der Waals surface area contributed by atoms with Gasteiger partial charge in [0.05, 0.1) is 6.20 Å². The molecule has 90 valence electrons. The van der Waals surface area contributed by atoms with Crippen LogP contribution in [0.1, 0.15) is 5.56 Å². The van der Waals surface area contributed by atoms with E-state index in [-0.39, 0.29) is 5.82 Å². The van der Waals surface area contributed by atoms with Gasteiger partial charge in [-0.25, -0.2) is 9.37 Å². The Morgan fingerprint density at radius 2 is 2.24 bits per heavy atom. The average molecular weight is 256 g/mol. The van der Waals surface area contributed by atoms with E-state index in [4.69, 9.17) is 0 Å². The predicted octanol–water partition coefficient (Wildman–Crippen LogP) is 1.05. The van der Waals surface area contributed by atoms with E-state index in [0.717, 1.165) is 6.07 Å². The second-order valence-electron chi connectivity index (χ2n) is 3.32. The molecule has 6 nitrogen and oxygen atoms in total. The molecule has 0 aliphatic rings. The maximum atomic E-state index is 13.3. The Kier molecular flexibility index (Phi) is 2.80. The van der Waals surface area contributed by atoms with E-state index in [1.54, 1.807) is 6.92 Å². The standard InChI is InChI=1S/C9H9FN4O2S/c1-6-5-12-13-8(6)14-17(15,16)9-7(10)3-2-4-11-9/h2-5H,1H3,(H2,12,13,14). The van der Waals surface area contributed by atoms with E-state index in [1.165, 1.54) is 18.5 Å². The normalized spacial score (nSPS) is 11.4. The summed E-state index contributed by atoms with van der Waals surface area (Å²) in [6, 6.07) is 2.34. The molecule has 2 N–H and O–H groups in total. The van der Waals surface area contributed by atoms with Crippen molar-refractivity contribution in [3.63, 3.8) is 0 Å². The maximum absolute atomic E-state index is 13.3. The summed E-state index contributed by atoms with van der Waals surface area (Å²) >= 11 is 0. The molecule has 0 radical (unpaired) electrons. The lowest BCUT2D eigenvalue weighted by atomic mass is 10.4. The summed E-state index contributed by atoms with van der Waals surface area (Å²) in [6.07, 6.45) is 2.66. The van der Waals surface area contributed by atoms with Crippen molar-refractivity contribution in [1.82, 2.24) is 15.2 Å². The number of H-pyrrole nitrogens is 1. The number of pyridine rings is 1. The van der Waals surface area contributed by atoms with Crippen molar-refractivity contribution >= 4 is 15.8 Å². The first-order chi connectivity index (χ1) is 8.00. The lowest BCUT2D eigenvalue weighted by Gasteiger charge is -2.06. The highest BCUT2D eigenvalue weighted by molar-refractivity contribution is 7.92. The van der Waals surface area contributed by atoms with Gasteiger partial charge in [0.2, 0.25) is 5.03 Å². The molecule has 0 saturated heterocycles. The molecule has 0 bridgehead atoms. The Hall–Kier alpha value is -1.96. The molecule has 2 heterocycles. The lowest BCUT2D eigenvalue weighted by Crippen LogP contribution is -2.16. The molecular weight excluding hydrogens is 247 g/mol. The van der Waals surface area contributed by atoms with Crippen LogP contribution in [0, 0.1) is 12.7 Å². The number of aromatic nitrogens is 3. The van der Waals surface area contributed by atoms with Crippen molar-refractivity contribution < 1.29 is 12.8 Å². The van der Waals surface area contributed by atoms with Crippen molar-refractivity contribution in [2.24, 2.45) is 0 Å². The van der Waals surface area contributed by atoms with Crippen LogP contribution in [0.5, 0.6) is 0 Å². The molecule has 0 aliphatic carbocycles. The van der Waals surface area contributed by atoms with Gasteiger partial charge in [-0.15, -0.1) is 0 Å². The van der Waals surface area contributed by atoms with Crippen LogP contribution in [0.4, 0.5) is 10.2 Å². The summed E-state index contributed by atoms with van der Waals surface area (Å²) in [5, 5.41) is 5.47. The summed E-state index contributed by atoms with van der Waals surface area (Å²) < 4.78 is 39.1. The molecule has 0 atom stereocenters. The van der Waals surface area contributed by atoms with Gasteiger partial charge in [0, 0.05) is 11.8 Å². The van der Waals surface area contributed by atoms with Crippen LogP contribution in [-0.2, 0) is 10.0 Å². The van der Waals surface area contributed by atoms with E-state index in [0.29, 0.717) is 5.56 Å². The molecule has 2 aromatic rings. The molecule has 0 saturated carbocycles. The van der Waals surface area contributed by atoms with Gasteiger partial charge in [0.15, 0.2) is 5.82 Å². The van der Waals surface area contributed by atoms with E-state index in [2.05, 4.69) is 19.9 Å². The fraction of sp³-hybridized carbons (Fsp3) is 0.111. The smallest absolute Gasteiger partial charge is 0.262 e. The van der Waals surface area contributed by atoms with E-state index >= 15 is 0 Å². The largest absolute Gasteiger partial charge is 0.283 e. The van der Waals surface area contributed by atoms with Gasteiger partial charge in [-0.05, 0) is 19.1 Å². The second-order valence-corrected chi connectivity index (χ2v) is 4.92. The molecule has 0 aliphatic heterocycles. The molecule has 8 heteroatoms. The third-order valence-electron chi connectivity index (χ3n) is 2.04.